The Kier molecular flexibility index (Phi) is 8.43. The zero-order valence-electron chi connectivity index (χ0n) is 20.5. The highest BCUT2D eigenvalue weighted by molar-refractivity contribution is 7.89. The van der Waals surface area contributed by atoms with Gasteiger partial charge in [-0.3, -0.25) is 9.59 Å². The minimum atomic E-state index is -3.86. The second kappa shape index (κ2) is 10.5. The zero-order valence-corrected chi connectivity index (χ0v) is 21.3. The maximum atomic E-state index is 12.9. The number of hydrogen-bond donors (Lipinski definition) is 2. The maximum Gasteiger partial charge on any atom is 0.243 e. The van der Waals surface area contributed by atoms with Crippen molar-refractivity contribution in [1.29, 1.82) is 0 Å². The van der Waals surface area contributed by atoms with Crippen LogP contribution in [0.3, 0.4) is 0 Å². The Morgan fingerprint density at radius 2 is 1.52 bits per heavy atom. The lowest BCUT2D eigenvalue weighted by Gasteiger charge is -2.26. The van der Waals surface area contributed by atoms with Gasteiger partial charge < -0.3 is 10.6 Å². The summed E-state index contributed by atoms with van der Waals surface area (Å²) in [7, 11) is -2.49. The number of benzene rings is 2. The zero-order chi connectivity index (χ0) is 25.0. The third-order valence-corrected chi connectivity index (χ3v) is 7.19. The molecule has 33 heavy (non-hydrogen) atoms. The first kappa shape index (κ1) is 26.5. The average Bonchev–Trinajstić information content (AvgIpc) is 2.71. The molecule has 2 aromatic carbocycles. The summed E-state index contributed by atoms with van der Waals surface area (Å²) in [4.78, 5) is 23.9. The van der Waals surface area contributed by atoms with Gasteiger partial charge in [0.2, 0.25) is 21.8 Å². The van der Waals surface area contributed by atoms with Crippen molar-refractivity contribution in [2.75, 3.05) is 18.9 Å². The van der Waals surface area contributed by atoms with Crippen molar-refractivity contribution in [2.45, 2.75) is 57.9 Å². The average molecular weight is 474 g/mol. The van der Waals surface area contributed by atoms with E-state index >= 15 is 0 Å². The van der Waals surface area contributed by atoms with Crippen LogP contribution in [0.4, 0.5) is 5.69 Å². The van der Waals surface area contributed by atoms with Crippen LogP contribution in [-0.4, -0.2) is 38.1 Å². The Bertz CT molecular complexity index is 1070. The van der Waals surface area contributed by atoms with E-state index in [4.69, 9.17) is 0 Å². The highest BCUT2D eigenvalue weighted by Gasteiger charge is 2.25. The van der Waals surface area contributed by atoms with Gasteiger partial charge in [0.25, 0.3) is 0 Å². The van der Waals surface area contributed by atoms with Gasteiger partial charge in [-0.1, -0.05) is 58.9 Å². The van der Waals surface area contributed by atoms with Crippen LogP contribution < -0.4 is 10.6 Å². The molecule has 0 fully saturated rings. The number of hydrogen-bond acceptors (Lipinski definition) is 4. The molecule has 2 aromatic rings. The molecule has 1 atom stereocenters. The molecular weight excluding hydrogens is 438 g/mol. The van der Waals surface area contributed by atoms with Crippen molar-refractivity contribution in [3.05, 3.63) is 59.7 Å². The molecule has 180 valence electrons. The summed E-state index contributed by atoms with van der Waals surface area (Å²) < 4.78 is 26.8. The fourth-order valence-corrected chi connectivity index (χ4v) is 4.55. The monoisotopic (exact) mass is 473 g/mol. The molecule has 2 rings (SSSR count). The predicted molar refractivity (Wildman–Crippen MR) is 131 cm³/mol. The van der Waals surface area contributed by atoms with E-state index in [-0.39, 0.29) is 40.6 Å². The molecule has 2 N–H and O–H groups in total. The number of sulfonamides is 1. The van der Waals surface area contributed by atoms with Gasteiger partial charge in [0.05, 0.1) is 17.5 Å². The van der Waals surface area contributed by atoms with E-state index in [2.05, 4.69) is 43.5 Å². The Labute approximate surface area is 197 Å². The Hall–Kier alpha value is -2.71. The summed E-state index contributed by atoms with van der Waals surface area (Å²) in [6.45, 7) is 11.5. The fraction of sp³-hybridized carbons (Fsp3) is 0.440. The van der Waals surface area contributed by atoms with Gasteiger partial charge in [0.15, 0.2) is 0 Å². The summed E-state index contributed by atoms with van der Waals surface area (Å²) in [5.74, 6) is -0.501. The number of rotatable bonds is 8. The van der Waals surface area contributed by atoms with Crippen molar-refractivity contribution in [3.8, 4) is 0 Å². The molecule has 0 aliphatic rings. The van der Waals surface area contributed by atoms with Crippen LogP contribution in [0.5, 0.6) is 0 Å². The van der Waals surface area contributed by atoms with Gasteiger partial charge in [-0.05, 0) is 46.7 Å². The molecule has 8 heteroatoms. The molecule has 1 unspecified atom stereocenters. The lowest BCUT2D eigenvalue weighted by molar-refractivity contribution is -0.122. The first-order valence-electron chi connectivity index (χ1n) is 11.0. The second-order valence-electron chi connectivity index (χ2n) is 9.63. The molecule has 0 bridgehead atoms. The van der Waals surface area contributed by atoms with Gasteiger partial charge in [0, 0.05) is 19.7 Å². The number of nitrogens with one attached hydrogen (secondary N) is 2. The van der Waals surface area contributed by atoms with Crippen molar-refractivity contribution in [2.24, 2.45) is 5.92 Å². The van der Waals surface area contributed by atoms with E-state index in [1.54, 1.807) is 0 Å². The molecule has 0 saturated carbocycles. The molecule has 0 saturated heterocycles. The highest BCUT2D eigenvalue weighted by atomic mass is 32.2. The van der Waals surface area contributed by atoms with Gasteiger partial charge in [-0.25, -0.2) is 8.42 Å². The Morgan fingerprint density at radius 3 is 1.97 bits per heavy atom. The summed E-state index contributed by atoms with van der Waals surface area (Å²) in [5.41, 5.74) is 2.71. The van der Waals surface area contributed by atoms with Crippen LogP contribution in [0.2, 0.25) is 0 Å². The van der Waals surface area contributed by atoms with Crippen LogP contribution in [0, 0.1) is 5.92 Å². The number of carbonyl (C=O) groups is 2. The van der Waals surface area contributed by atoms with Crippen LogP contribution in [0.1, 0.15) is 58.7 Å². The SMILES string of the molecule is CC(=O)Nc1ccc(S(=O)(=O)N(C)CC(=O)NC(c2ccc(C(C)(C)C)cc2)C(C)C)cc1. The standard InChI is InChI=1S/C25H35N3O4S/c1-17(2)24(19-8-10-20(11-9-19)25(4,5)6)27-23(30)16-28(7)33(31,32)22-14-12-21(13-15-22)26-18(3)29/h8-15,17,24H,16H2,1-7H3,(H,26,29)(H,27,30). The molecule has 2 amide bonds. The van der Waals surface area contributed by atoms with Crippen LogP contribution in [0.25, 0.3) is 0 Å². The van der Waals surface area contributed by atoms with Crippen molar-refractivity contribution < 1.29 is 18.0 Å². The minimum Gasteiger partial charge on any atom is -0.348 e. The molecule has 0 radical (unpaired) electrons. The van der Waals surface area contributed by atoms with E-state index in [1.165, 1.54) is 43.8 Å². The first-order valence-corrected chi connectivity index (χ1v) is 12.4. The Morgan fingerprint density at radius 1 is 0.970 bits per heavy atom. The number of likely N-dealkylation sites (N-methyl/N-ethyl adjacent to an activating group) is 1. The third-order valence-electron chi connectivity index (χ3n) is 5.37. The maximum absolute atomic E-state index is 12.9. The summed E-state index contributed by atoms with van der Waals surface area (Å²) in [6.07, 6.45) is 0. The van der Waals surface area contributed by atoms with Gasteiger partial charge >= 0.3 is 0 Å². The van der Waals surface area contributed by atoms with Crippen molar-refractivity contribution >= 4 is 27.5 Å². The fourth-order valence-electron chi connectivity index (χ4n) is 3.43. The molecule has 0 heterocycles. The quantitative estimate of drug-likeness (QED) is 0.604. The molecule has 0 spiro atoms. The minimum absolute atomic E-state index is 0.0342. The van der Waals surface area contributed by atoms with E-state index < -0.39 is 10.0 Å². The third kappa shape index (κ3) is 7.14. The largest absolute Gasteiger partial charge is 0.348 e. The van der Waals surface area contributed by atoms with Gasteiger partial charge in [-0.2, -0.15) is 4.31 Å². The van der Waals surface area contributed by atoms with E-state index in [0.29, 0.717) is 5.69 Å². The summed E-state index contributed by atoms with van der Waals surface area (Å²) >= 11 is 0. The van der Waals surface area contributed by atoms with Crippen LogP contribution in [-0.2, 0) is 25.0 Å². The van der Waals surface area contributed by atoms with Crippen LogP contribution in [0.15, 0.2) is 53.4 Å². The molecule has 0 aliphatic carbocycles. The summed E-state index contributed by atoms with van der Waals surface area (Å²) in [5, 5.41) is 5.58. The molecule has 0 aromatic heterocycles. The molecule has 7 nitrogen and oxygen atoms in total. The second-order valence-corrected chi connectivity index (χ2v) is 11.7. The number of carbonyl (C=O) groups excluding carboxylic acids is 2. The lowest BCUT2D eigenvalue weighted by atomic mass is 9.85. The molecular formula is C25H35N3O4S. The topological polar surface area (TPSA) is 95.6 Å². The smallest absolute Gasteiger partial charge is 0.243 e. The normalized spacial score (nSPS) is 13.1. The predicted octanol–water partition coefficient (Wildman–Crippen LogP) is 4.08. The number of nitrogens with zero attached hydrogens (tertiary/aromatic N) is 1. The van der Waals surface area contributed by atoms with Crippen molar-refractivity contribution in [1.82, 2.24) is 9.62 Å². The van der Waals surface area contributed by atoms with Gasteiger partial charge in [-0.15, -0.1) is 0 Å². The van der Waals surface area contributed by atoms with E-state index in [1.807, 2.05) is 26.0 Å². The highest BCUT2D eigenvalue weighted by Crippen LogP contribution is 2.27. The van der Waals surface area contributed by atoms with E-state index in [9.17, 15) is 18.0 Å². The van der Waals surface area contributed by atoms with E-state index in [0.717, 1.165) is 9.87 Å². The van der Waals surface area contributed by atoms with Gasteiger partial charge in [0.1, 0.15) is 0 Å². The van der Waals surface area contributed by atoms with Crippen molar-refractivity contribution in [3.63, 3.8) is 0 Å². The number of anilines is 1. The number of amides is 2. The lowest BCUT2D eigenvalue weighted by Crippen LogP contribution is -2.41. The first-order chi connectivity index (χ1) is 15.2. The van der Waals surface area contributed by atoms with Crippen LogP contribution >= 0.6 is 0 Å². The molecule has 0 aliphatic heterocycles. The summed E-state index contributed by atoms with van der Waals surface area (Å²) in [6, 6.07) is 13.8. The Balaban J connectivity index is 2.11.